The van der Waals surface area contributed by atoms with E-state index in [1.165, 1.54) is 16.7 Å². The lowest BCUT2D eigenvalue weighted by molar-refractivity contribution is 1.08. The highest BCUT2D eigenvalue weighted by Gasteiger charge is 2.08. The van der Waals surface area contributed by atoms with Crippen LogP contribution in [0.4, 0.5) is 5.69 Å². The number of anilines is 1. The molecule has 2 aromatic carbocycles. The Morgan fingerprint density at radius 2 is 1.70 bits per heavy atom. The second-order valence-corrected chi connectivity index (χ2v) is 6.21. The van der Waals surface area contributed by atoms with Crippen molar-refractivity contribution >= 4 is 16.6 Å². The SMILES string of the molecule is Cc1cccc(NCc2cc3c(C)ccc(C)c3[nH]c2=O)c1C. The molecule has 3 nitrogen and oxygen atoms in total. The van der Waals surface area contributed by atoms with Gasteiger partial charge >= 0.3 is 0 Å². The maximum Gasteiger partial charge on any atom is 0.253 e. The number of H-pyrrole nitrogens is 1. The van der Waals surface area contributed by atoms with Crippen molar-refractivity contribution in [2.24, 2.45) is 0 Å². The molecular weight excluding hydrogens is 284 g/mol. The minimum absolute atomic E-state index is 0.0241. The highest BCUT2D eigenvalue weighted by atomic mass is 16.1. The van der Waals surface area contributed by atoms with E-state index >= 15 is 0 Å². The molecule has 0 spiro atoms. The molecule has 2 N–H and O–H groups in total. The van der Waals surface area contributed by atoms with E-state index in [9.17, 15) is 4.79 Å². The molecule has 0 aliphatic carbocycles. The fourth-order valence-electron chi connectivity index (χ4n) is 2.88. The number of hydrogen-bond acceptors (Lipinski definition) is 2. The Balaban J connectivity index is 1.97. The van der Waals surface area contributed by atoms with Crippen molar-refractivity contribution in [3.05, 3.63) is 74.6 Å². The Hall–Kier alpha value is -2.55. The first-order chi connectivity index (χ1) is 11.0. The summed E-state index contributed by atoms with van der Waals surface area (Å²) in [4.78, 5) is 15.4. The molecule has 0 bridgehead atoms. The van der Waals surface area contributed by atoms with Gasteiger partial charge in [0.25, 0.3) is 5.56 Å². The molecule has 23 heavy (non-hydrogen) atoms. The summed E-state index contributed by atoms with van der Waals surface area (Å²) in [6.45, 7) is 8.79. The van der Waals surface area contributed by atoms with Gasteiger partial charge in [0.15, 0.2) is 0 Å². The van der Waals surface area contributed by atoms with Gasteiger partial charge in [-0.25, -0.2) is 0 Å². The number of nitrogens with one attached hydrogen (secondary N) is 2. The average molecular weight is 306 g/mol. The Bertz CT molecular complexity index is 938. The number of aromatic nitrogens is 1. The van der Waals surface area contributed by atoms with E-state index in [1.807, 2.05) is 31.2 Å². The second kappa shape index (κ2) is 5.92. The summed E-state index contributed by atoms with van der Waals surface area (Å²) < 4.78 is 0. The summed E-state index contributed by atoms with van der Waals surface area (Å²) in [5.74, 6) is 0. The molecule has 1 heterocycles. The number of pyridine rings is 1. The molecule has 0 saturated heterocycles. The van der Waals surface area contributed by atoms with Crippen LogP contribution in [0, 0.1) is 27.7 Å². The maximum absolute atomic E-state index is 12.4. The van der Waals surface area contributed by atoms with Gasteiger partial charge in [0.1, 0.15) is 0 Å². The summed E-state index contributed by atoms with van der Waals surface area (Å²) in [6.07, 6.45) is 0. The Kier molecular flexibility index (Phi) is 3.95. The zero-order valence-corrected chi connectivity index (χ0v) is 14.1. The molecule has 3 rings (SSSR count). The smallest absolute Gasteiger partial charge is 0.253 e. The van der Waals surface area contributed by atoms with Crippen molar-refractivity contribution in [2.75, 3.05) is 5.32 Å². The summed E-state index contributed by atoms with van der Waals surface area (Å²) in [5.41, 5.74) is 7.48. The number of rotatable bonds is 3. The van der Waals surface area contributed by atoms with Crippen LogP contribution in [-0.2, 0) is 6.54 Å². The number of fused-ring (bicyclic) bond motifs is 1. The van der Waals surface area contributed by atoms with Crippen molar-refractivity contribution in [3.63, 3.8) is 0 Å². The zero-order chi connectivity index (χ0) is 16.6. The van der Waals surface area contributed by atoms with Gasteiger partial charge in [0.2, 0.25) is 0 Å². The Morgan fingerprint density at radius 3 is 2.48 bits per heavy atom. The van der Waals surface area contributed by atoms with Crippen molar-refractivity contribution in [1.82, 2.24) is 4.98 Å². The monoisotopic (exact) mass is 306 g/mol. The van der Waals surface area contributed by atoms with Crippen LogP contribution in [0.25, 0.3) is 10.9 Å². The van der Waals surface area contributed by atoms with E-state index in [1.54, 1.807) is 0 Å². The van der Waals surface area contributed by atoms with E-state index in [0.717, 1.165) is 27.7 Å². The van der Waals surface area contributed by atoms with Gasteiger partial charge in [0.05, 0.1) is 5.52 Å². The normalized spacial score (nSPS) is 11.0. The van der Waals surface area contributed by atoms with Crippen LogP contribution in [0.1, 0.15) is 27.8 Å². The maximum atomic E-state index is 12.4. The third kappa shape index (κ3) is 2.87. The fraction of sp³-hybridized carbons (Fsp3) is 0.250. The molecule has 0 atom stereocenters. The standard InChI is InChI=1S/C20H22N2O/c1-12-6-5-7-18(15(12)4)21-11-16-10-17-13(2)8-9-14(3)19(17)22-20(16)23/h5-10,21H,11H2,1-4H3,(H,22,23). The molecule has 1 aromatic heterocycles. The van der Waals surface area contributed by atoms with E-state index in [0.29, 0.717) is 6.54 Å². The van der Waals surface area contributed by atoms with Crippen LogP contribution in [0.5, 0.6) is 0 Å². The van der Waals surface area contributed by atoms with E-state index in [2.05, 4.69) is 43.2 Å². The molecule has 0 aliphatic heterocycles. The van der Waals surface area contributed by atoms with Gasteiger partial charge in [0, 0.05) is 23.2 Å². The fourth-order valence-corrected chi connectivity index (χ4v) is 2.88. The van der Waals surface area contributed by atoms with Gasteiger partial charge in [-0.2, -0.15) is 0 Å². The van der Waals surface area contributed by atoms with Crippen LogP contribution in [-0.4, -0.2) is 4.98 Å². The Morgan fingerprint density at radius 1 is 0.957 bits per heavy atom. The first-order valence-electron chi connectivity index (χ1n) is 7.89. The van der Waals surface area contributed by atoms with E-state index in [4.69, 9.17) is 0 Å². The van der Waals surface area contributed by atoms with Crippen LogP contribution in [0.2, 0.25) is 0 Å². The van der Waals surface area contributed by atoms with Crippen molar-refractivity contribution < 1.29 is 0 Å². The van der Waals surface area contributed by atoms with Gasteiger partial charge in [-0.1, -0.05) is 24.3 Å². The van der Waals surface area contributed by atoms with E-state index in [-0.39, 0.29) is 5.56 Å². The van der Waals surface area contributed by atoms with Crippen LogP contribution in [0.15, 0.2) is 41.2 Å². The molecule has 0 radical (unpaired) electrons. The third-order valence-electron chi connectivity index (χ3n) is 4.59. The Labute approximate surface area is 136 Å². The molecule has 118 valence electrons. The van der Waals surface area contributed by atoms with Crippen LogP contribution >= 0.6 is 0 Å². The minimum atomic E-state index is -0.0241. The molecule has 0 fully saturated rings. The lowest BCUT2D eigenvalue weighted by Crippen LogP contribution is -2.16. The zero-order valence-electron chi connectivity index (χ0n) is 14.1. The van der Waals surface area contributed by atoms with Crippen molar-refractivity contribution in [1.29, 1.82) is 0 Å². The second-order valence-electron chi connectivity index (χ2n) is 6.21. The quantitative estimate of drug-likeness (QED) is 0.754. The molecule has 3 aromatic rings. The number of benzene rings is 2. The van der Waals surface area contributed by atoms with Crippen molar-refractivity contribution in [3.8, 4) is 0 Å². The van der Waals surface area contributed by atoms with Gasteiger partial charge in [-0.05, 0) is 62.1 Å². The van der Waals surface area contributed by atoms with Gasteiger partial charge in [-0.15, -0.1) is 0 Å². The summed E-state index contributed by atoms with van der Waals surface area (Å²) in [5, 5.41) is 4.50. The highest BCUT2D eigenvalue weighted by molar-refractivity contribution is 5.85. The predicted molar refractivity (Wildman–Crippen MR) is 97.3 cm³/mol. The lowest BCUT2D eigenvalue weighted by Gasteiger charge is -2.12. The summed E-state index contributed by atoms with van der Waals surface area (Å²) in [6, 6.07) is 12.3. The van der Waals surface area contributed by atoms with Gasteiger partial charge < -0.3 is 10.3 Å². The molecule has 0 aliphatic rings. The average Bonchev–Trinajstić information content (AvgIpc) is 2.53. The molecule has 3 heteroatoms. The molecular formula is C20H22N2O. The first kappa shape index (κ1) is 15.3. The largest absolute Gasteiger partial charge is 0.381 e. The molecule has 0 unspecified atom stereocenters. The summed E-state index contributed by atoms with van der Waals surface area (Å²) >= 11 is 0. The first-order valence-corrected chi connectivity index (χ1v) is 7.89. The number of aryl methyl sites for hydroxylation is 3. The van der Waals surface area contributed by atoms with Gasteiger partial charge in [-0.3, -0.25) is 4.79 Å². The number of hydrogen-bond donors (Lipinski definition) is 2. The molecule has 0 saturated carbocycles. The predicted octanol–water partition coefficient (Wildman–Crippen LogP) is 4.37. The third-order valence-corrected chi connectivity index (χ3v) is 4.59. The van der Waals surface area contributed by atoms with Crippen molar-refractivity contribution in [2.45, 2.75) is 34.2 Å². The van der Waals surface area contributed by atoms with Crippen LogP contribution < -0.4 is 10.9 Å². The molecule has 0 amide bonds. The highest BCUT2D eigenvalue weighted by Crippen LogP contribution is 2.21. The number of aromatic amines is 1. The summed E-state index contributed by atoms with van der Waals surface area (Å²) in [7, 11) is 0. The minimum Gasteiger partial charge on any atom is -0.381 e. The van der Waals surface area contributed by atoms with Crippen LogP contribution in [0.3, 0.4) is 0 Å². The topological polar surface area (TPSA) is 44.9 Å². The van der Waals surface area contributed by atoms with E-state index < -0.39 is 0 Å². The lowest BCUT2D eigenvalue weighted by atomic mass is 10.0.